The van der Waals surface area contributed by atoms with Gasteiger partial charge in [0.15, 0.2) is 0 Å². The molecule has 0 aliphatic rings. The van der Waals surface area contributed by atoms with Gasteiger partial charge in [-0.15, -0.1) is 0 Å². The molecule has 0 unspecified atom stereocenters. The Morgan fingerprint density at radius 3 is 1.67 bits per heavy atom. The minimum absolute atomic E-state index is 0.904. The van der Waals surface area contributed by atoms with E-state index in [1.54, 1.807) is 0 Å². The van der Waals surface area contributed by atoms with Crippen molar-refractivity contribution < 1.29 is 20.4 Å². The zero-order valence-corrected chi connectivity index (χ0v) is 14.3. The van der Waals surface area contributed by atoms with Crippen molar-refractivity contribution in [2.45, 2.75) is 84.5 Å². The predicted molar refractivity (Wildman–Crippen MR) is 85.7 cm³/mol. The molecule has 0 heterocycles. The van der Waals surface area contributed by atoms with Crippen molar-refractivity contribution >= 4 is 5.97 Å². The zero-order chi connectivity index (χ0) is 16.2. The average molecular weight is 303 g/mol. The molecule has 0 saturated heterocycles. The number of carboxylic acids is 1. The van der Waals surface area contributed by atoms with E-state index in [4.69, 9.17) is 14.6 Å². The topological polar surface area (TPSA) is 77.0 Å². The monoisotopic (exact) mass is 303 g/mol. The van der Waals surface area contributed by atoms with Crippen LogP contribution in [-0.2, 0) is 9.53 Å². The third kappa shape index (κ3) is 32.7. The van der Waals surface area contributed by atoms with Crippen molar-refractivity contribution in [2.24, 2.45) is 0 Å². The molecule has 0 saturated carbocycles. The van der Waals surface area contributed by atoms with E-state index in [1.807, 2.05) is 0 Å². The Labute approximate surface area is 131 Å². The Morgan fingerprint density at radius 2 is 1.24 bits per heavy atom. The van der Waals surface area contributed by atoms with Crippen LogP contribution >= 0.6 is 0 Å². The first-order valence-corrected chi connectivity index (χ1v) is 8.69. The van der Waals surface area contributed by atoms with Crippen LogP contribution in [0, 0.1) is 0 Å². The molecule has 0 radical (unpaired) electrons. The fourth-order valence-electron chi connectivity index (χ4n) is 2.00. The number of quaternary nitrogens is 1. The molecular weight excluding hydrogens is 266 g/mol. The summed E-state index contributed by atoms with van der Waals surface area (Å²) in [4.78, 5) is 8.89. The lowest BCUT2D eigenvalue weighted by atomic mass is 10.1. The maximum Gasteiger partial charge on any atom is 0.0762 e. The molecule has 0 aliphatic carbocycles. The van der Waals surface area contributed by atoms with Gasteiger partial charge in [0.25, 0.3) is 0 Å². The molecule has 3 N–H and O–H groups in total. The molecule has 0 aromatic heterocycles. The SMILES string of the molecule is CC(=O)[O-].CCCCCCCCCCCCOCCC[NH3+]. The van der Waals surface area contributed by atoms with Crippen molar-refractivity contribution in [3.63, 3.8) is 0 Å². The van der Waals surface area contributed by atoms with Crippen molar-refractivity contribution in [1.29, 1.82) is 0 Å². The van der Waals surface area contributed by atoms with E-state index in [2.05, 4.69) is 12.7 Å². The Morgan fingerprint density at radius 1 is 0.857 bits per heavy atom. The van der Waals surface area contributed by atoms with Gasteiger partial charge < -0.3 is 20.4 Å². The van der Waals surface area contributed by atoms with E-state index in [9.17, 15) is 0 Å². The molecule has 0 rings (SSSR count). The number of carbonyl (C=O) groups excluding carboxylic acids is 1. The molecule has 0 amide bonds. The lowest BCUT2D eigenvalue weighted by Gasteiger charge is -2.03. The fraction of sp³-hybridized carbons (Fsp3) is 0.941. The van der Waals surface area contributed by atoms with Crippen LogP contribution in [0.15, 0.2) is 0 Å². The Kier molecular flexibility index (Phi) is 23.4. The minimum Gasteiger partial charge on any atom is -0.550 e. The number of hydrogen-bond acceptors (Lipinski definition) is 3. The van der Waals surface area contributed by atoms with Gasteiger partial charge in [-0.2, -0.15) is 0 Å². The maximum atomic E-state index is 8.89. The molecule has 4 nitrogen and oxygen atoms in total. The molecular formula is C17H37NO3. The number of ether oxygens (including phenoxy) is 1. The smallest absolute Gasteiger partial charge is 0.0762 e. The number of rotatable bonds is 14. The van der Waals surface area contributed by atoms with Crippen LogP contribution in [0.5, 0.6) is 0 Å². The van der Waals surface area contributed by atoms with Gasteiger partial charge >= 0.3 is 0 Å². The standard InChI is InChI=1S/C15H33NO.C2H4O2/c1-2-3-4-5-6-7-8-9-10-11-14-17-15-12-13-16;1-2(3)4/h2-16H2,1H3;1H3,(H,3,4). The number of hydrogen-bond donors (Lipinski definition) is 1. The van der Waals surface area contributed by atoms with Crippen LogP contribution in [0.2, 0.25) is 0 Å². The molecule has 0 aromatic carbocycles. The molecule has 0 fully saturated rings. The second-order valence-corrected chi connectivity index (χ2v) is 5.49. The lowest BCUT2D eigenvalue weighted by molar-refractivity contribution is -0.369. The molecule has 0 spiro atoms. The average Bonchev–Trinajstić information content (AvgIpc) is 2.43. The van der Waals surface area contributed by atoms with Crippen LogP contribution in [0.4, 0.5) is 0 Å². The minimum atomic E-state index is -1.08. The van der Waals surface area contributed by atoms with Crippen molar-refractivity contribution in [3.8, 4) is 0 Å². The Balaban J connectivity index is 0. The molecule has 0 atom stereocenters. The van der Waals surface area contributed by atoms with E-state index >= 15 is 0 Å². The number of carboxylic acid groups (broad SMARTS) is 1. The molecule has 4 heteroatoms. The van der Waals surface area contributed by atoms with Crippen molar-refractivity contribution in [1.82, 2.24) is 0 Å². The quantitative estimate of drug-likeness (QED) is 0.500. The van der Waals surface area contributed by atoms with Gasteiger partial charge in [-0.25, -0.2) is 0 Å². The highest BCUT2D eigenvalue weighted by Gasteiger charge is 1.93. The van der Waals surface area contributed by atoms with E-state index in [0.717, 1.165) is 33.1 Å². The van der Waals surface area contributed by atoms with Crippen LogP contribution in [0.25, 0.3) is 0 Å². The summed E-state index contributed by atoms with van der Waals surface area (Å²) in [6, 6.07) is 0. The zero-order valence-electron chi connectivity index (χ0n) is 14.3. The van der Waals surface area contributed by atoms with Gasteiger partial charge in [-0.05, 0) is 13.3 Å². The normalized spacial score (nSPS) is 10.0. The van der Waals surface area contributed by atoms with E-state index < -0.39 is 5.97 Å². The second-order valence-electron chi connectivity index (χ2n) is 5.49. The Bertz CT molecular complexity index is 180. The van der Waals surface area contributed by atoms with Gasteiger partial charge in [0, 0.05) is 19.0 Å². The summed E-state index contributed by atoms with van der Waals surface area (Å²) in [5.74, 6) is -1.08. The third-order valence-electron chi connectivity index (χ3n) is 3.18. The molecule has 21 heavy (non-hydrogen) atoms. The van der Waals surface area contributed by atoms with Crippen molar-refractivity contribution in [2.75, 3.05) is 19.8 Å². The van der Waals surface area contributed by atoms with Gasteiger partial charge in [0.1, 0.15) is 0 Å². The van der Waals surface area contributed by atoms with Gasteiger partial charge in [0.2, 0.25) is 0 Å². The number of aliphatic carboxylic acids is 1. The van der Waals surface area contributed by atoms with Crippen LogP contribution in [0.3, 0.4) is 0 Å². The van der Waals surface area contributed by atoms with E-state index in [1.165, 1.54) is 64.2 Å². The highest BCUT2D eigenvalue weighted by molar-refractivity contribution is 5.60. The summed E-state index contributed by atoms with van der Waals surface area (Å²) in [5, 5.41) is 8.89. The summed E-state index contributed by atoms with van der Waals surface area (Å²) in [6.45, 7) is 6.11. The molecule has 0 bridgehead atoms. The molecule has 128 valence electrons. The maximum absolute atomic E-state index is 8.89. The van der Waals surface area contributed by atoms with Crippen LogP contribution in [-0.4, -0.2) is 25.7 Å². The van der Waals surface area contributed by atoms with E-state index in [-0.39, 0.29) is 0 Å². The first-order chi connectivity index (χ1) is 10.1. The van der Waals surface area contributed by atoms with Gasteiger partial charge in [-0.1, -0.05) is 64.7 Å². The Hall–Kier alpha value is -0.610. The first kappa shape index (κ1) is 22.7. The predicted octanol–water partition coefficient (Wildman–Crippen LogP) is 2.31. The van der Waals surface area contributed by atoms with Gasteiger partial charge in [-0.3, -0.25) is 0 Å². The first-order valence-electron chi connectivity index (χ1n) is 8.69. The van der Waals surface area contributed by atoms with Gasteiger partial charge in [0.05, 0.1) is 13.2 Å². The van der Waals surface area contributed by atoms with E-state index in [0.29, 0.717) is 0 Å². The lowest BCUT2D eigenvalue weighted by Crippen LogP contribution is -2.50. The third-order valence-corrected chi connectivity index (χ3v) is 3.18. The highest BCUT2D eigenvalue weighted by Crippen LogP contribution is 2.10. The number of carbonyl (C=O) groups is 1. The largest absolute Gasteiger partial charge is 0.550 e. The fourth-order valence-corrected chi connectivity index (χ4v) is 2.00. The summed E-state index contributed by atoms with van der Waals surface area (Å²) in [5.41, 5.74) is 3.80. The highest BCUT2D eigenvalue weighted by atomic mass is 16.5. The number of unbranched alkanes of at least 4 members (excludes halogenated alkanes) is 9. The molecule has 0 aliphatic heterocycles. The van der Waals surface area contributed by atoms with Crippen LogP contribution < -0.4 is 10.8 Å². The summed E-state index contributed by atoms with van der Waals surface area (Å²) >= 11 is 0. The molecule has 0 aromatic rings. The van der Waals surface area contributed by atoms with Crippen molar-refractivity contribution in [3.05, 3.63) is 0 Å². The second kappa shape index (κ2) is 21.7. The summed E-state index contributed by atoms with van der Waals surface area (Å²) in [7, 11) is 0. The van der Waals surface area contributed by atoms with Crippen LogP contribution in [0.1, 0.15) is 84.5 Å². The summed E-state index contributed by atoms with van der Waals surface area (Å²) in [6.07, 6.45) is 15.1. The summed E-state index contributed by atoms with van der Waals surface area (Å²) < 4.78 is 5.51.